The van der Waals surface area contributed by atoms with Crippen molar-refractivity contribution in [2.45, 2.75) is 19.3 Å². The average Bonchev–Trinajstić information content (AvgIpc) is 2.69. The van der Waals surface area contributed by atoms with E-state index in [0.29, 0.717) is 0 Å². The molecule has 1 atom stereocenters. The summed E-state index contributed by atoms with van der Waals surface area (Å²) in [5, 5.41) is 20.1. The molecule has 1 heterocycles. The predicted molar refractivity (Wildman–Crippen MR) is 99.0 cm³/mol. The minimum atomic E-state index is -1.42. The van der Waals surface area contributed by atoms with Gasteiger partial charge < -0.3 is 19.5 Å². The van der Waals surface area contributed by atoms with Gasteiger partial charge in [-0.25, -0.2) is 4.39 Å². The maximum Gasteiger partial charge on any atom is 0.223 e. The first-order chi connectivity index (χ1) is 13.1. The highest BCUT2D eigenvalue weighted by molar-refractivity contribution is 5.37. The van der Waals surface area contributed by atoms with Gasteiger partial charge in [-0.15, -0.1) is 0 Å². The van der Waals surface area contributed by atoms with Crippen LogP contribution in [0.5, 0.6) is 5.75 Å². The van der Waals surface area contributed by atoms with Crippen molar-refractivity contribution < 1.29 is 19.3 Å². The van der Waals surface area contributed by atoms with Crippen LogP contribution in [-0.2, 0) is 13.2 Å². The van der Waals surface area contributed by atoms with Crippen molar-refractivity contribution in [3.63, 3.8) is 0 Å². The maximum absolute atomic E-state index is 14.2. The van der Waals surface area contributed by atoms with Gasteiger partial charge in [0.25, 0.3) is 0 Å². The molecule has 1 unspecified atom stereocenters. The molecule has 2 N–H and O–H groups in total. The third kappa shape index (κ3) is 4.24. The van der Waals surface area contributed by atoms with E-state index in [4.69, 9.17) is 4.74 Å². The Morgan fingerprint density at radius 2 is 1.74 bits per heavy atom. The van der Waals surface area contributed by atoms with Gasteiger partial charge in [0.15, 0.2) is 5.75 Å². The van der Waals surface area contributed by atoms with Crippen LogP contribution in [0.25, 0.3) is 0 Å². The summed E-state index contributed by atoms with van der Waals surface area (Å²) in [6.45, 7) is 0.0387. The first-order valence-electron chi connectivity index (χ1n) is 8.55. The molecule has 0 saturated heterocycles. The summed E-state index contributed by atoms with van der Waals surface area (Å²) < 4.78 is 21.4. The summed E-state index contributed by atoms with van der Waals surface area (Å²) in [6, 6.07) is 16.4. The molecular formula is C21H20FNO4. The van der Waals surface area contributed by atoms with E-state index in [1.807, 2.05) is 30.3 Å². The van der Waals surface area contributed by atoms with Crippen LogP contribution < -0.4 is 10.2 Å². The number of nitrogens with zero attached hydrogens (tertiary/aromatic N) is 1. The zero-order chi connectivity index (χ0) is 19.2. The summed E-state index contributed by atoms with van der Waals surface area (Å²) in [7, 11) is 0. The number of pyridine rings is 1. The average molecular weight is 369 g/mol. The standard InChI is InChI=1S/C21H20FNO4/c22-17-9-5-4-8-16(17)20(26)19-21(18(25)10-11-23(19)12-13-24)27-14-15-6-2-1-3-7-15/h1-11,20,24,26H,12-14H2. The molecule has 0 fully saturated rings. The molecule has 0 radical (unpaired) electrons. The zero-order valence-electron chi connectivity index (χ0n) is 14.6. The molecular weight excluding hydrogens is 349 g/mol. The highest BCUT2D eigenvalue weighted by Crippen LogP contribution is 2.29. The van der Waals surface area contributed by atoms with Crippen molar-refractivity contribution in [2.24, 2.45) is 0 Å². The van der Waals surface area contributed by atoms with Crippen LogP contribution in [0.15, 0.2) is 71.7 Å². The number of aliphatic hydroxyl groups is 2. The molecule has 0 saturated carbocycles. The van der Waals surface area contributed by atoms with Gasteiger partial charge in [-0.2, -0.15) is 0 Å². The van der Waals surface area contributed by atoms with Crippen molar-refractivity contribution in [1.82, 2.24) is 4.57 Å². The number of hydrogen-bond acceptors (Lipinski definition) is 4. The Balaban J connectivity index is 2.05. The lowest BCUT2D eigenvalue weighted by atomic mass is 10.0. The van der Waals surface area contributed by atoms with Gasteiger partial charge in [0.1, 0.15) is 18.5 Å². The van der Waals surface area contributed by atoms with E-state index >= 15 is 0 Å². The Morgan fingerprint density at radius 3 is 2.44 bits per heavy atom. The highest BCUT2D eigenvalue weighted by Gasteiger charge is 2.24. The van der Waals surface area contributed by atoms with Crippen LogP contribution in [0.2, 0.25) is 0 Å². The van der Waals surface area contributed by atoms with Gasteiger partial charge in [0.2, 0.25) is 5.43 Å². The first-order valence-corrected chi connectivity index (χ1v) is 8.55. The number of hydrogen-bond donors (Lipinski definition) is 2. The van der Waals surface area contributed by atoms with Crippen LogP contribution in [0.1, 0.15) is 22.9 Å². The lowest BCUT2D eigenvalue weighted by Crippen LogP contribution is -2.21. The second kappa shape index (κ2) is 8.62. The fourth-order valence-corrected chi connectivity index (χ4v) is 2.87. The number of ether oxygens (including phenoxy) is 1. The second-order valence-corrected chi connectivity index (χ2v) is 6.01. The molecule has 140 valence electrons. The van der Waals surface area contributed by atoms with Crippen LogP contribution in [0.3, 0.4) is 0 Å². The Hall–Kier alpha value is -2.96. The number of aliphatic hydroxyl groups excluding tert-OH is 2. The summed E-state index contributed by atoms with van der Waals surface area (Å²) >= 11 is 0. The molecule has 5 nitrogen and oxygen atoms in total. The smallest absolute Gasteiger partial charge is 0.223 e. The van der Waals surface area contributed by atoms with E-state index in [1.54, 1.807) is 6.07 Å². The normalized spacial score (nSPS) is 12.0. The maximum atomic E-state index is 14.2. The number of rotatable bonds is 7. The molecule has 2 aromatic carbocycles. The largest absolute Gasteiger partial charge is 0.483 e. The molecule has 0 amide bonds. The molecule has 0 aliphatic rings. The second-order valence-electron chi connectivity index (χ2n) is 6.01. The van der Waals surface area contributed by atoms with Gasteiger partial charge >= 0.3 is 0 Å². The van der Waals surface area contributed by atoms with E-state index < -0.39 is 17.3 Å². The fourth-order valence-electron chi connectivity index (χ4n) is 2.87. The van der Waals surface area contributed by atoms with E-state index in [2.05, 4.69) is 0 Å². The Labute approximate surface area is 155 Å². The summed E-state index contributed by atoms with van der Waals surface area (Å²) in [4.78, 5) is 12.4. The minimum Gasteiger partial charge on any atom is -0.483 e. The first kappa shape index (κ1) is 18.8. The molecule has 6 heteroatoms. The van der Waals surface area contributed by atoms with Crippen LogP contribution in [0, 0.1) is 5.82 Å². The lowest BCUT2D eigenvalue weighted by Gasteiger charge is -2.21. The van der Waals surface area contributed by atoms with Crippen molar-refractivity contribution >= 4 is 0 Å². The third-order valence-electron chi connectivity index (χ3n) is 4.20. The summed E-state index contributed by atoms with van der Waals surface area (Å²) in [5.74, 6) is -0.656. The Bertz CT molecular complexity index is 956. The molecule has 27 heavy (non-hydrogen) atoms. The van der Waals surface area contributed by atoms with Gasteiger partial charge in [-0.05, 0) is 11.6 Å². The molecule has 0 aliphatic heterocycles. The molecule has 0 spiro atoms. The van der Waals surface area contributed by atoms with Crippen molar-refractivity contribution in [3.8, 4) is 5.75 Å². The predicted octanol–water partition coefficient (Wildman–Crippen LogP) is 2.64. The molecule has 3 aromatic rings. The fraction of sp³-hybridized carbons (Fsp3) is 0.190. The van der Waals surface area contributed by atoms with E-state index in [-0.39, 0.29) is 36.8 Å². The number of benzene rings is 2. The number of halogens is 1. The van der Waals surface area contributed by atoms with E-state index in [9.17, 15) is 19.4 Å². The van der Waals surface area contributed by atoms with Gasteiger partial charge in [0.05, 0.1) is 12.3 Å². The van der Waals surface area contributed by atoms with Crippen molar-refractivity contribution in [3.05, 3.63) is 99.7 Å². The van der Waals surface area contributed by atoms with E-state index in [1.165, 1.54) is 35.0 Å². The van der Waals surface area contributed by atoms with Crippen LogP contribution >= 0.6 is 0 Å². The molecule has 3 rings (SSSR count). The Kier molecular flexibility index (Phi) is 6.01. The molecule has 1 aromatic heterocycles. The van der Waals surface area contributed by atoms with Crippen molar-refractivity contribution in [1.29, 1.82) is 0 Å². The van der Waals surface area contributed by atoms with Gasteiger partial charge in [-0.3, -0.25) is 4.79 Å². The summed E-state index contributed by atoms with van der Waals surface area (Å²) in [5.41, 5.74) is 0.559. The van der Waals surface area contributed by atoms with Crippen LogP contribution in [0.4, 0.5) is 4.39 Å². The molecule has 0 aliphatic carbocycles. The van der Waals surface area contributed by atoms with Crippen LogP contribution in [-0.4, -0.2) is 21.4 Å². The van der Waals surface area contributed by atoms with Crippen molar-refractivity contribution in [2.75, 3.05) is 6.61 Å². The monoisotopic (exact) mass is 369 g/mol. The number of aromatic nitrogens is 1. The van der Waals surface area contributed by atoms with E-state index in [0.717, 1.165) is 5.56 Å². The zero-order valence-corrected chi connectivity index (χ0v) is 14.6. The molecule has 0 bridgehead atoms. The third-order valence-corrected chi connectivity index (χ3v) is 4.20. The topological polar surface area (TPSA) is 71.7 Å². The highest BCUT2D eigenvalue weighted by atomic mass is 19.1. The SMILES string of the molecule is O=c1ccn(CCO)c(C(O)c2ccccc2F)c1OCc1ccccc1. The van der Waals surface area contributed by atoms with Gasteiger partial charge in [-0.1, -0.05) is 48.5 Å². The summed E-state index contributed by atoms with van der Waals surface area (Å²) in [6.07, 6.45) is 0.0327. The quantitative estimate of drug-likeness (QED) is 0.672. The minimum absolute atomic E-state index is 0.0272. The van der Waals surface area contributed by atoms with Gasteiger partial charge in [0, 0.05) is 24.4 Å². The lowest BCUT2D eigenvalue weighted by molar-refractivity contribution is 0.186. The Morgan fingerprint density at radius 1 is 1.04 bits per heavy atom.